The van der Waals surface area contributed by atoms with E-state index < -0.39 is 0 Å². The Morgan fingerprint density at radius 3 is 2.94 bits per heavy atom. The lowest BCUT2D eigenvalue weighted by Crippen LogP contribution is -2.45. The molecule has 0 bridgehead atoms. The van der Waals surface area contributed by atoms with Crippen molar-refractivity contribution in [3.05, 3.63) is 0 Å². The van der Waals surface area contributed by atoms with E-state index in [-0.39, 0.29) is 11.7 Å². The van der Waals surface area contributed by atoms with Gasteiger partial charge in [-0.1, -0.05) is 0 Å². The molecule has 0 amide bonds. The summed E-state index contributed by atoms with van der Waals surface area (Å²) in [5, 5.41) is 10.3. The van der Waals surface area contributed by atoms with Crippen LogP contribution in [0.1, 0.15) is 38.5 Å². The van der Waals surface area contributed by atoms with Crippen molar-refractivity contribution in [2.75, 3.05) is 30.1 Å². The summed E-state index contributed by atoms with van der Waals surface area (Å²) in [6.45, 7) is 0.856. The third kappa shape index (κ3) is 4.06. The van der Waals surface area contributed by atoms with Crippen LogP contribution in [0.25, 0.3) is 0 Å². The molecule has 2 unspecified atom stereocenters. The molecule has 2 aliphatic rings. The van der Waals surface area contributed by atoms with E-state index in [2.05, 4.69) is 6.26 Å². The van der Waals surface area contributed by atoms with Gasteiger partial charge >= 0.3 is 0 Å². The number of ether oxygens (including phenoxy) is 1. The summed E-state index contributed by atoms with van der Waals surface area (Å²) in [5.41, 5.74) is 0.120. The molecule has 4 heteroatoms. The first kappa shape index (κ1) is 15.0. The summed E-state index contributed by atoms with van der Waals surface area (Å²) in [7, 11) is 0. The van der Waals surface area contributed by atoms with Gasteiger partial charge in [0.1, 0.15) is 0 Å². The highest BCUT2D eigenvalue weighted by Gasteiger charge is 2.40. The second kappa shape index (κ2) is 7.41. The maximum absolute atomic E-state index is 10.3. The summed E-state index contributed by atoms with van der Waals surface area (Å²) in [5.74, 6) is 4.11. The predicted octanol–water partition coefficient (Wildman–Crippen LogP) is 3.18. The Morgan fingerprint density at radius 2 is 2.22 bits per heavy atom. The first-order valence-corrected chi connectivity index (χ1v) is 9.69. The summed E-state index contributed by atoms with van der Waals surface area (Å²) < 4.78 is 6.08. The first-order valence-electron chi connectivity index (χ1n) is 7.14. The lowest BCUT2D eigenvalue weighted by Gasteiger charge is -2.44. The fraction of sp³-hybridized carbons (Fsp3) is 1.00. The van der Waals surface area contributed by atoms with E-state index in [1.54, 1.807) is 0 Å². The molecule has 0 saturated carbocycles. The Hall–Kier alpha value is 0.620. The number of hydrogen-bond acceptors (Lipinski definition) is 4. The minimum absolute atomic E-state index is 0.104. The third-order valence-electron chi connectivity index (χ3n) is 4.33. The second-order valence-electron chi connectivity index (χ2n) is 5.60. The van der Waals surface area contributed by atoms with Crippen molar-refractivity contribution < 1.29 is 9.84 Å². The van der Waals surface area contributed by atoms with Gasteiger partial charge in [0.05, 0.1) is 11.7 Å². The highest BCUT2D eigenvalue weighted by Crippen LogP contribution is 2.41. The average Bonchev–Trinajstić information content (AvgIpc) is 2.40. The van der Waals surface area contributed by atoms with E-state index in [1.807, 2.05) is 23.5 Å². The van der Waals surface area contributed by atoms with Crippen molar-refractivity contribution in [3.63, 3.8) is 0 Å². The normalized spacial score (nSPS) is 29.3. The van der Waals surface area contributed by atoms with E-state index in [9.17, 15) is 5.11 Å². The summed E-state index contributed by atoms with van der Waals surface area (Å²) in [6.07, 6.45) is 8.65. The van der Waals surface area contributed by atoms with E-state index >= 15 is 0 Å². The zero-order valence-electron chi connectivity index (χ0n) is 11.4. The second-order valence-corrected chi connectivity index (χ2v) is 7.81. The van der Waals surface area contributed by atoms with Crippen LogP contribution >= 0.6 is 23.5 Å². The molecule has 1 spiro atoms. The number of aliphatic hydroxyl groups excluding tert-OH is 1. The molecule has 106 valence electrons. The largest absolute Gasteiger partial charge is 0.393 e. The van der Waals surface area contributed by atoms with Gasteiger partial charge < -0.3 is 9.84 Å². The minimum atomic E-state index is -0.104. The van der Waals surface area contributed by atoms with Gasteiger partial charge in [0.15, 0.2) is 0 Å². The van der Waals surface area contributed by atoms with E-state index in [4.69, 9.17) is 4.74 Å². The number of thioether (sulfide) groups is 2. The Kier molecular flexibility index (Phi) is 6.19. The van der Waals surface area contributed by atoms with Gasteiger partial charge in [0.2, 0.25) is 0 Å². The molecule has 2 saturated heterocycles. The van der Waals surface area contributed by atoms with Crippen LogP contribution in [0.15, 0.2) is 0 Å². The monoisotopic (exact) mass is 290 g/mol. The molecule has 18 heavy (non-hydrogen) atoms. The van der Waals surface area contributed by atoms with Gasteiger partial charge in [-0.25, -0.2) is 0 Å². The maximum Gasteiger partial charge on any atom is 0.0701 e. The molecule has 0 aromatic rings. The smallest absolute Gasteiger partial charge is 0.0701 e. The minimum Gasteiger partial charge on any atom is -0.393 e. The number of aliphatic hydroxyl groups is 1. The molecule has 1 N–H and O–H groups in total. The van der Waals surface area contributed by atoms with Crippen LogP contribution in [-0.4, -0.2) is 46.9 Å². The van der Waals surface area contributed by atoms with Gasteiger partial charge in [-0.2, -0.15) is 23.5 Å². The molecule has 2 aliphatic heterocycles. The van der Waals surface area contributed by atoms with Crippen molar-refractivity contribution in [2.24, 2.45) is 5.92 Å². The molecule has 2 heterocycles. The topological polar surface area (TPSA) is 29.5 Å². The first-order chi connectivity index (χ1) is 8.76. The van der Waals surface area contributed by atoms with Gasteiger partial charge in [-0.05, 0) is 68.0 Å². The maximum atomic E-state index is 10.3. The summed E-state index contributed by atoms with van der Waals surface area (Å²) >= 11 is 3.92. The zero-order valence-corrected chi connectivity index (χ0v) is 13.0. The number of rotatable bonds is 5. The SMILES string of the molecule is CSCCCC(O)C1CCOC2(CCSCC2)C1. The highest BCUT2D eigenvalue weighted by atomic mass is 32.2. The van der Waals surface area contributed by atoms with Crippen molar-refractivity contribution in [1.29, 1.82) is 0 Å². The van der Waals surface area contributed by atoms with E-state index in [0.29, 0.717) is 5.92 Å². The Labute approximate surface area is 120 Å². The fourth-order valence-electron chi connectivity index (χ4n) is 3.16. The van der Waals surface area contributed by atoms with Crippen LogP contribution in [0.5, 0.6) is 0 Å². The van der Waals surface area contributed by atoms with Crippen LogP contribution in [0.2, 0.25) is 0 Å². The van der Waals surface area contributed by atoms with Gasteiger partial charge in [0.25, 0.3) is 0 Å². The molecule has 2 nitrogen and oxygen atoms in total. The lowest BCUT2D eigenvalue weighted by atomic mass is 9.78. The lowest BCUT2D eigenvalue weighted by molar-refractivity contribution is -0.121. The van der Waals surface area contributed by atoms with Crippen LogP contribution in [0.4, 0.5) is 0 Å². The average molecular weight is 290 g/mol. The van der Waals surface area contributed by atoms with Crippen molar-refractivity contribution in [2.45, 2.75) is 50.2 Å². The van der Waals surface area contributed by atoms with Crippen molar-refractivity contribution >= 4 is 23.5 Å². The molecule has 0 aromatic carbocycles. The van der Waals surface area contributed by atoms with Crippen LogP contribution in [0.3, 0.4) is 0 Å². The van der Waals surface area contributed by atoms with Crippen molar-refractivity contribution in [3.8, 4) is 0 Å². The molecular weight excluding hydrogens is 264 g/mol. The van der Waals surface area contributed by atoms with E-state index in [0.717, 1.165) is 32.3 Å². The molecular formula is C14H26O2S2. The molecule has 2 rings (SSSR count). The molecule has 0 aromatic heterocycles. The zero-order chi connectivity index (χ0) is 12.8. The third-order valence-corrected chi connectivity index (χ3v) is 6.01. The number of hydrogen-bond donors (Lipinski definition) is 1. The van der Waals surface area contributed by atoms with Crippen LogP contribution in [0, 0.1) is 5.92 Å². The summed E-state index contributed by atoms with van der Waals surface area (Å²) in [6, 6.07) is 0. The highest BCUT2D eigenvalue weighted by molar-refractivity contribution is 7.99. The quantitative estimate of drug-likeness (QED) is 0.788. The van der Waals surface area contributed by atoms with Crippen molar-refractivity contribution in [1.82, 2.24) is 0 Å². The van der Waals surface area contributed by atoms with Gasteiger partial charge in [-0.15, -0.1) is 0 Å². The molecule has 0 aliphatic carbocycles. The van der Waals surface area contributed by atoms with Gasteiger partial charge in [-0.3, -0.25) is 0 Å². The molecule has 2 atom stereocenters. The Bertz CT molecular complexity index is 236. The standard InChI is InChI=1S/C14H26O2S2/c1-17-8-2-3-13(15)12-4-7-16-14(11-12)5-9-18-10-6-14/h12-13,15H,2-11H2,1H3. The van der Waals surface area contributed by atoms with Crippen LogP contribution < -0.4 is 0 Å². The predicted molar refractivity (Wildman–Crippen MR) is 81.6 cm³/mol. The summed E-state index contributed by atoms with van der Waals surface area (Å²) in [4.78, 5) is 0. The fourth-order valence-corrected chi connectivity index (χ4v) is 4.85. The van der Waals surface area contributed by atoms with Crippen LogP contribution in [-0.2, 0) is 4.74 Å². The Morgan fingerprint density at radius 1 is 1.44 bits per heavy atom. The van der Waals surface area contributed by atoms with Gasteiger partial charge in [0, 0.05) is 6.61 Å². The molecule has 2 fully saturated rings. The Balaban J connectivity index is 1.81. The molecule has 0 radical (unpaired) electrons. The van der Waals surface area contributed by atoms with E-state index in [1.165, 1.54) is 30.1 Å².